The number of aliphatic hydroxyl groups excluding tert-OH is 1. The minimum absolute atomic E-state index is 0.302. The molecule has 1 heterocycles. The second kappa shape index (κ2) is 4.20. The van der Waals surface area contributed by atoms with Gasteiger partial charge in [-0.2, -0.15) is 0 Å². The van der Waals surface area contributed by atoms with E-state index in [1.807, 2.05) is 6.08 Å². The molecule has 1 N–H and O–H groups in total. The molecule has 1 aliphatic carbocycles. The molecule has 0 aromatic rings. The molecule has 3 heteroatoms. The van der Waals surface area contributed by atoms with Gasteiger partial charge in [-0.25, -0.2) is 0 Å². The van der Waals surface area contributed by atoms with Crippen molar-refractivity contribution in [2.75, 3.05) is 5.88 Å². The van der Waals surface area contributed by atoms with E-state index in [0.29, 0.717) is 12.3 Å². The number of hydrogen-bond acceptors (Lipinski definition) is 2. The number of rotatable bonds is 3. The molecule has 2 aliphatic rings. The molecule has 0 radical (unpaired) electrons. The minimum Gasteiger partial charge on any atom is -0.472 e. The van der Waals surface area contributed by atoms with Gasteiger partial charge in [0.05, 0.1) is 18.6 Å². The lowest BCUT2D eigenvalue weighted by Crippen LogP contribution is -2.09. The van der Waals surface area contributed by atoms with Gasteiger partial charge in [0.25, 0.3) is 0 Å². The van der Waals surface area contributed by atoms with Crippen LogP contribution in [0.5, 0.6) is 0 Å². The quantitative estimate of drug-likeness (QED) is 0.729. The molecule has 0 saturated heterocycles. The van der Waals surface area contributed by atoms with Gasteiger partial charge < -0.3 is 9.84 Å². The number of halogens is 1. The van der Waals surface area contributed by atoms with Crippen LogP contribution in [-0.4, -0.2) is 17.1 Å². The van der Waals surface area contributed by atoms with Crippen LogP contribution in [0.1, 0.15) is 19.3 Å². The van der Waals surface area contributed by atoms with Crippen molar-refractivity contribution in [1.29, 1.82) is 0 Å². The van der Waals surface area contributed by atoms with Crippen LogP contribution >= 0.6 is 11.6 Å². The van der Waals surface area contributed by atoms with Crippen LogP contribution in [0.2, 0.25) is 0 Å². The number of allylic oxidation sites excluding steroid dienone is 3. The molecule has 0 aromatic heterocycles. The van der Waals surface area contributed by atoms with E-state index in [0.717, 1.165) is 12.8 Å². The largest absolute Gasteiger partial charge is 0.472 e. The van der Waals surface area contributed by atoms with Gasteiger partial charge in [-0.15, -0.1) is 11.6 Å². The Labute approximate surface area is 88.5 Å². The molecule has 0 bridgehead atoms. The topological polar surface area (TPSA) is 29.5 Å². The summed E-state index contributed by atoms with van der Waals surface area (Å²) in [5.41, 5.74) is 3.77. The van der Waals surface area contributed by atoms with Crippen molar-refractivity contribution >= 4 is 11.6 Å². The van der Waals surface area contributed by atoms with E-state index in [1.54, 1.807) is 12.5 Å². The fraction of sp³-hybridized carbons (Fsp3) is 0.455. The van der Waals surface area contributed by atoms with Crippen LogP contribution in [0, 0.1) is 0 Å². The van der Waals surface area contributed by atoms with E-state index in [1.165, 1.54) is 16.7 Å². The van der Waals surface area contributed by atoms with E-state index in [9.17, 15) is 5.11 Å². The highest BCUT2D eigenvalue weighted by molar-refractivity contribution is 6.18. The summed E-state index contributed by atoms with van der Waals surface area (Å²) in [5.74, 6) is 0.302. The molecule has 2 rings (SSSR count). The monoisotopic (exact) mass is 212 g/mol. The Hall–Kier alpha value is -0.730. The smallest absolute Gasteiger partial charge is 0.0939 e. The number of alkyl halides is 1. The van der Waals surface area contributed by atoms with Gasteiger partial charge in [0, 0.05) is 5.88 Å². The molecule has 14 heavy (non-hydrogen) atoms. The average molecular weight is 213 g/mol. The van der Waals surface area contributed by atoms with Gasteiger partial charge in [-0.05, 0) is 36.5 Å². The third kappa shape index (κ3) is 1.86. The highest BCUT2D eigenvalue weighted by Gasteiger charge is 2.21. The molecule has 1 atom stereocenters. The first-order valence-electron chi connectivity index (χ1n) is 4.78. The third-order valence-electron chi connectivity index (χ3n) is 2.61. The van der Waals surface area contributed by atoms with Crippen molar-refractivity contribution in [2.45, 2.75) is 25.4 Å². The molecule has 1 aliphatic heterocycles. The summed E-state index contributed by atoms with van der Waals surface area (Å²) in [4.78, 5) is 0. The van der Waals surface area contributed by atoms with Crippen molar-refractivity contribution < 1.29 is 9.84 Å². The van der Waals surface area contributed by atoms with Crippen LogP contribution < -0.4 is 0 Å². The molecular formula is C11H13ClO2. The molecule has 0 spiro atoms. The minimum atomic E-state index is -0.422. The first-order chi connectivity index (χ1) is 6.81. The van der Waals surface area contributed by atoms with E-state index >= 15 is 0 Å². The van der Waals surface area contributed by atoms with Gasteiger partial charge in [0.15, 0.2) is 0 Å². The number of aliphatic hydroxyl groups is 1. The lowest BCUT2D eigenvalue weighted by molar-refractivity contribution is 0.197. The van der Waals surface area contributed by atoms with E-state index < -0.39 is 6.10 Å². The number of ether oxygens (including phenoxy) is 1. The van der Waals surface area contributed by atoms with Crippen molar-refractivity contribution in [3.8, 4) is 0 Å². The van der Waals surface area contributed by atoms with Crippen molar-refractivity contribution in [3.05, 3.63) is 35.3 Å². The summed E-state index contributed by atoms with van der Waals surface area (Å²) < 4.78 is 5.10. The van der Waals surface area contributed by atoms with Crippen LogP contribution in [0.3, 0.4) is 0 Å². The Kier molecular flexibility index (Phi) is 2.94. The van der Waals surface area contributed by atoms with Crippen molar-refractivity contribution in [1.82, 2.24) is 0 Å². The SMILES string of the molecule is O[C@@H](CCl)CC1=C2C=COC=C2CC1. The molecular weight excluding hydrogens is 200 g/mol. The van der Waals surface area contributed by atoms with E-state index in [2.05, 4.69) is 0 Å². The highest BCUT2D eigenvalue weighted by Crippen LogP contribution is 2.36. The van der Waals surface area contributed by atoms with Crippen LogP contribution in [-0.2, 0) is 4.74 Å². The first kappa shape index (κ1) is 9.81. The number of fused-ring (bicyclic) bond motifs is 1. The van der Waals surface area contributed by atoms with Crippen molar-refractivity contribution in [2.24, 2.45) is 0 Å². The molecule has 76 valence electrons. The van der Waals surface area contributed by atoms with Gasteiger partial charge in [0.1, 0.15) is 0 Å². The normalized spacial score (nSPS) is 21.7. The predicted molar refractivity (Wildman–Crippen MR) is 55.9 cm³/mol. The Bertz CT molecular complexity index is 315. The fourth-order valence-electron chi connectivity index (χ4n) is 1.91. The Morgan fingerprint density at radius 2 is 2.36 bits per heavy atom. The Balaban J connectivity index is 2.14. The summed E-state index contributed by atoms with van der Waals surface area (Å²) in [6.45, 7) is 0. The molecule has 2 nitrogen and oxygen atoms in total. The van der Waals surface area contributed by atoms with Gasteiger partial charge in [-0.1, -0.05) is 5.57 Å². The zero-order valence-electron chi connectivity index (χ0n) is 7.87. The fourth-order valence-corrected chi connectivity index (χ4v) is 2.02. The lowest BCUT2D eigenvalue weighted by Gasteiger charge is -2.10. The standard InChI is InChI=1S/C11H13ClO2/c12-6-10(13)5-8-1-2-9-7-14-4-3-11(8)9/h3-4,7,10,13H,1-2,5-6H2/t10-/m1/s1. The maximum atomic E-state index is 9.47. The van der Waals surface area contributed by atoms with Crippen LogP contribution in [0.4, 0.5) is 0 Å². The summed E-state index contributed by atoms with van der Waals surface area (Å²) in [6, 6.07) is 0. The average Bonchev–Trinajstić information content (AvgIpc) is 2.62. The van der Waals surface area contributed by atoms with Gasteiger partial charge in [-0.3, -0.25) is 0 Å². The van der Waals surface area contributed by atoms with Gasteiger partial charge >= 0.3 is 0 Å². The summed E-state index contributed by atoms with van der Waals surface area (Å²) in [5, 5.41) is 9.47. The van der Waals surface area contributed by atoms with Crippen LogP contribution in [0.15, 0.2) is 35.3 Å². The maximum Gasteiger partial charge on any atom is 0.0939 e. The number of hydrogen-bond donors (Lipinski definition) is 1. The third-order valence-corrected chi connectivity index (χ3v) is 2.96. The van der Waals surface area contributed by atoms with Crippen LogP contribution in [0.25, 0.3) is 0 Å². The molecule has 0 fully saturated rings. The van der Waals surface area contributed by atoms with Crippen molar-refractivity contribution in [3.63, 3.8) is 0 Å². The first-order valence-corrected chi connectivity index (χ1v) is 5.32. The van der Waals surface area contributed by atoms with E-state index in [4.69, 9.17) is 16.3 Å². The summed E-state index contributed by atoms with van der Waals surface area (Å²) in [7, 11) is 0. The molecule has 0 unspecified atom stereocenters. The highest BCUT2D eigenvalue weighted by atomic mass is 35.5. The maximum absolute atomic E-state index is 9.47. The predicted octanol–water partition coefficient (Wildman–Crippen LogP) is 2.49. The zero-order valence-corrected chi connectivity index (χ0v) is 8.63. The molecule has 0 amide bonds. The second-order valence-electron chi connectivity index (χ2n) is 3.61. The van der Waals surface area contributed by atoms with Gasteiger partial charge in [0.2, 0.25) is 0 Å². The van der Waals surface area contributed by atoms with E-state index in [-0.39, 0.29) is 0 Å². The zero-order chi connectivity index (χ0) is 9.97. The Morgan fingerprint density at radius 3 is 3.14 bits per heavy atom. The second-order valence-corrected chi connectivity index (χ2v) is 3.92. The lowest BCUT2D eigenvalue weighted by atomic mass is 10.0. The summed E-state index contributed by atoms with van der Waals surface area (Å²) >= 11 is 5.58. The Morgan fingerprint density at radius 1 is 1.50 bits per heavy atom. The molecule has 0 aromatic carbocycles. The summed E-state index contributed by atoms with van der Waals surface area (Å²) in [6.07, 6.45) is 7.73. The molecule has 0 saturated carbocycles.